The SMILES string of the molecule is Cc1ccc(N2CCCC(C)(C)CC2)c(CNC(C)C)c1. The van der Waals surface area contributed by atoms with Gasteiger partial charge in [0.2, 0.25) is 0 Å². The standard InChI is InChI=1S/C19H32N2/c1-15(2)20-14-17-13-16(3)7-8-18(17)21-11-6-9-19(4,5)10-12-21/h7-8,13,15,20H,6,9-12,14H2,1-5H3. The van der Waals surface area contributed by atoms with Gasteiger partial charge in [0.25, 0.3) is 0 Å². The van der Waals surface area contributed by atoms with E-state index in [0.717, 1.165) is 6.54 Å². The molecule has 0 radical (unpaired) electrons. The summed E-state index contributed by atoms with van der Waals surface area (Å²) in [6.45, 7) is 14.8. The molecule has 0 bridgehead atoms. The van der Waals surface area contributed by atoms with Gasteiger partial charge in [-0.2, -0.15) is 0 Å². The molecule has 2 heteroatoms. The minimum atomic E-state index is 0.496. The van der Waals surface area contributed by atoms with E-state index in [1.54, 1.807) is 0 Å². The lowest BCUT2D eigenvalue weighted by atomic mass is 9.85. The summed E-state index contributed by atoms with van der Waals surface area (Å²) in [7, 11) is 0. The maximum atomic E-state index is 3.57. The maximum Gasteiger partial charge on any atom is 0.0412 e. The van der Waals surface area contributed by atoms with E-state index in [1.165, 1.54) is 49.2 Å². The highest BCUT2D eigenvalue weighted by molar-refractivity contribution is 5.55. The number of aryl methyl sites for hydroxylation is 1. The fraction of sp³-hybridized carbons (Fsp3) is 0.684. The van der Waals surface area contributed by atoms with Crippen molar-refractivity contribution in [2.45, 2.75) is 66.5 Å². The van der Waals surface area contributed by atoms with Gasteiger partial charge in [-0.25, -0.2) is 0 Å². The summed E-state index contributed by atoms with van der Waals surface area (Å²) in [5.41, 5.74) is 4.74. The van der Waals surface area contributed by atoms with Gasteiger partial charge in [0.15, 0.2) is 0 Å². The van der Waals surface area contributed by atoms with Crippen LogP contribution < -0.4 is 10.2 Å². The van der Waals surface area contributed by atoms with Crippen molar-refractivity contribution in [3.63, 3.8) is 0 Å². The van der Waals surface area contributed by atoms with Gasteiger partial charge in [0.1, 0.15) is 0 Å². The largest absolute Gasteiger partial charge is 0.371 e. The number of nitrogens with one attached hydrogen (secondary N) is 1. The summed E-state index contributed by atoms with van der Waals surface area (Å²) in [5.74, 6) is 0. The topological polar surface area (TPSA) is 15.3 Å². The molecule has 2 rings (SSSR count). The van der Waals surface area contributed by atoms with Crippen LogP contribution in [0.15, 0.2) is 18.2 Å². The normalized spacial score (nSPS) is 18.9. The van der Waals surface area contributed by atoms with Crippen molar-refractivity contribution in [1.82, 2.24) is 5.32 Å². The number of anilines is 1. The van der Waals surface area contributed by atoms with Gasteiger partial charge in [0.05, 0.1) is 0 Å². The van der Waals surface area contributed by atoms with Crippen LogP contribution in [0.3, 0.4) is 0 Å². The van der Waals surface area contributed by atoms with Crippen LogP contribution in [0.1, 0.15) is 58.1 Å². The van der Waals surface area contributed by atoms with Crippen molar-refractivity contribution < 1.29 is 0 Å². The molecular formula is C19H32N2. The van der Waals surface area contributed by atoms with Crippen molar-refractivity contribution >= 4 is 5.69 Å². The van der Waals surface area contributed by atoms with Crippen molar-refractivity contribution in [2.75, 3.05) is 18.0 Å². The molecule has 0 unspecified atom stereocenters. The van der Waals surface area contributed by atoms with Gasteiger partial charge >= 0.3 is 0 Å². The Bertz CT molecular complexity index is 463. The summed E-state index contributed by atoms with van der Waals surface area (Å²) in [5, 5.41) is 3.57. The molecule has 0 aliphatic carbocycles. The van der Waals surface area contributed by atoms with Crippen LogP contribution in [0.2, 0.25) is 0 Å². The second kappa shape index (κ2) is 6.83. The number of benzene rings is 1. The Labute approximate surface area is 130 Å². The van der Waals surface area contributed by atoms with E-state index >= 15 is 0 Å². The minimum Gasteiger partial charge on any atom is -0.371 e. The van der Waals surface area contributed by atoms with Crippen molar-refractivity contribution in [3.05, 3.63) is 29.3 Å². The number of rotatable bonds is 4. The predicted octanol–water partition coefficient (Wildman–Crippen LogP) is 4.51. The Kier molecular flexibility index (Phi) is 5.32. The second-order valence-corrected chi connectivity index (χ2v) is 7.67. The zero-order chi connectivity index (χ0) is 15.5. The summed E-state index contributed by atoms with van der Waals surface area (Å²) in [4.78, 5) is 2.60. The Hall–Kier alpha value is -1.02. The fourth-order valence-corrected chi connectivity index (χ4v) is 3.14. The van der Waals surface area contributed by atoms with E-state index in [4.69, 9.17) is 0 Å². The van der Waals surface area contributed by atoms with Crippen LogP contribution in [0, 0.1) is 12.3 Å². The lowest BCUT2D eigenvalue weighted by molar-refractivity contribution is 0.325. The Morgan fingerprint density at radius 1 is 1.19 bits per heavy atom. The van der Waals surface area contributed by atoms with Gasteiger partial charge in [-0.15, -0.1) is 0 Å². The maximum absolute atomic E-state index is 3.57. The van der Waals surface area contributed by atoms with Gasteiger partial charge in [0, 0.05) is 31.4 Å². The smallest absolute Gasteiger partial charge is 0.0412 e. The molecule has 0 aromatic heterocycles. The first-order valence-corrected chi connectivity index (χ1v) is 8.45. The van der Waals surface area contributed by atoms with Crippen LogP contribution in [-0.2, 0) is 6.54 Å². The molecule has 1 aromatic carbocycles. The average molecular weight is 288 g/mol. The molecule has 0 spiro atoms. The first kappa shape index (κ1) is 16.4. The van der Waals surface area contributed by atoms with Crippen LogP contribution in [0.5, 0.6) is 0 Å². The number of nitrogens with zero attached hydrogens (tertiary/aromatic N) is 1. The Balaban J connectivity index is 2.17. The lowest BCUT2D eigenvalue weighted by Gasteiger charge is -2.27. The lowest BCUT2D eigenvalue weighted by Crippen LogP contribution is -2.28. The molecule has 1 aliphatic rings. The Morgan fingerprint density at radius 2 is 1.95 bits per heavy atom. The minimum absolute atomic E-state index is 0.496. The van der Waals surface area contributed by atoms with Crippen molar-refractivity contribution in [3.8, 4) is 0 Å². The molecule has 0 saturated carbocycles. The van der Waals surface area contributed by atoms with E-state index in [2.05, 4.69) is 63.0 Å². The van der Waals surface area contributed by atoms with Crippen molar-refractivity contribution in [1.29, 1.82) is 0 Å². The molecule has 1 aliphatic heterocycles. The van der Waals surface area contributed by atoms with E-state index in [1.807, 2.05) is 0 Å². The monoisotopic (exact) mass is 288 g/mol. The third-order valence-corrected chi connectivity index (χ3v) is 4.62. The summed E-state index contributed by atoms with van der Waals surface area (Å²) >= 11 is 0. The third kappa shape index (κ3) is 4.74. The van der Waals surface area contributed by atoms with Crippen LogP contribution in [-0.4, -0.2) is 19.1 Å². The molecule has 2 nitrogen and oxygen atoms in total. The molecule has 0 amide bonds. The van der Waals surface area contributed by atoms with E-state index in [-0.39, 0.29) is 0 Å². The third-order valence-electron chi connectivity index (χ3n) is 4.62. The van der Waals surface area contributed by atoms with Gasteiger partial charge in [-0.05, 0) is 43.2 Å². The fourth-order valence-electron chi connectivity index (χ4n) is 3.14. The number of hydrogen-bond donors (Lipinski definition) is 1. The molecule has 0 atom stereocenters. The zero-order valence-electron chi connectivity index (χ0n) is 14.5. The summed E-state index contributed by atoms with van der Waals surface area (Å²) in [6.07, 6.45) is 3.94. The molecule has 1 fully saturated rings. The first-order valence-electron chi connectivity index (χ1n) is 8.45. The van der Waals surface area contributed by atoms with Crippen LogP contribution in [0.4, 0.5) is 5.69 Å². The van der Waals surface area contributed by atoms with Crippen LogP contribution in [0.25, 0.3) is 0 Å². The van der Waals surface area contributed by atoms with E-state index in [9.17, 15) is 0 Å². The van der Waals surface area contributed by atoms with E-state index in [0.29, 0.717) is 11.5 Å². The van der Waals surface area contributed by atoms with Crippen LogP contribution >= 0.6 is 0 Å². The quantitative estimate of drug-likeness (QED) is 0.877. The molecule has 118 valence electrons. The molecule has 21 heavy (non-hydrogen) atoms. The van der Waals surface area contributed by atoms with E-state index < -0.39 is 0 Å². The first-order chi connectivity index (χ1) is 9.87. The average Bonchev–Trinajstić information content (AvgIpc) is 2.57. The van der Waals surface area contributed by atoms with Gasteiger partial charge in [-0.3, -0.25) is 0 Å². The molecule has 1 heterocycles. The van der Waals surface area contributed by atoms with Gasteiger partial charge in [-0.1, -0.05) is 45.4 Å². The highest BCUT2D eigenvalue weighted by Crippen LogP contribution is 2.33. The molecule has 1 N–H and O–H groups in total. The summed E-state index contributed by atoms with van der Waals surface area (Å²) in [6, 6.07) is 7.46. The number of hydrogen-bond acceptors (Lipinski definition) is 2. The zero-order valence-corrected chi connectivity index (χ0v) is 14.5. The highest BCUT2D eigenvalue weighted by Gasteiger charge is 2.24. The van der Waals surface area contributed by atoms with Crippen molar-refractivity contribution in [2.24, 2.45) is 5.41 Å². The second-order valence-electron chi connectivity index (χ2n) is 7.67. The highest BCUT2D eigenvalue weighted by atomic mass is 15.1. The molecular weight excluding hydrogens is 256 g/mol. The molecule has 1 aromatic rings. The predicted molar refractivity (Wildman–Crippen MR) is 93.0 cm³/mol. The Morgan fingerprint density at radius 3 is 2.67 bits per heavy atom. The molecule has 1 saturated heterocycles. The van der Waals surface area contributed by atoms with Gasteiger partial charge < -0.3 is 10.2 Å². The summed E-state index contributed by atoms with van der Waals surface area (Å²) < 4.78 is 0.